The van der Waals surface area contributed by atoms with Gasteiger partial charge in [-0.25, -0.2) is 9.18 Å². The molecular formula is C20H31FN4O2. The van der Waals surface area contributed by atoms with Gasteiger partial charge in [-0.15, -0.1) is 0 Å². The zero-order valence-electron chi connectivity index (χ0n) is 16.4. The zero-order chi connectivity index (χ0) is 19.2. The van der Waals surface area contributed by atoms with Crippen LogP contribution < -0.4 is 10.2 Å². The number of hydrogen-bond acceptors (Lipinski definition) is 4. The summed E-state index contributed by atoms with van der Waals surface area (Å²) in [6, 6.07) is 6.73. The summed E-state index contributed by atoms with van der Waals surface area (Å²) in [5, 5.41) is 3.00. The quantitative estimate of drug-likeness (QED) is 0.852. The van der Waals surface area contributed by atoms with Gasteiger partial charge in [-0.2, -0.15) is 0 Å². The summed E-state index contributed by atoms with van der Waals surface area (Å²) in [6.07, 6.45) is 0.0427. The first-order valence-corrected chi connectivity index (χ1v) is 9.89. The molecular weight excluding hydrogens is 347 g/mol. The normalized spacial score (nSPS) is 21.6. The number of halogens is 1. The lowest BCUT2D eigenvalue weighted by atomic mass is 10.2. The molecule has 0 bridgehead atoms. The van der Waals surface area contributed by atoms with Crippen molar-refractivity contribution in [3.63, 3.8) is 0 Å². The fourth-order valence-corrected chi connectivity index (χ4v) is 3.76. The SMILES string of the molecule is CC(C)CN1CCO[C@H](CNC(=O)N2CCN(c3ccccc3F)CC2)C1. The molecule has 2 aliphatic heterocycles. The van der Waals surface area contributed by atoms with Crippen LogP contribution >= 0.6 is 0 Å². The van der Waals surface area contributed by atoms with Gasteiger partial charge < -0.3 is 19.9 Å². The topological polar surface area (TPSA) is 48.1 Å². The molecule has 2 amide bonds. The molecule has 150 valence electrons. The number of rotatable bonds is 5. The molecule has 0 radical (unpaired) electrons. The van der Waals surface area contributed by atoms with Crippen molar-refractivity contribution in [3.8, 4) is 0 Å². The number of ether oxygens (including phenoxy) is 1. The molecule has 3 rings (SSSR count). The van der Waals surface area contributed by atoms with E-state index in [1.165, 1.54) is 6.07 Å². The van der Waals surface area contributed by atoms with Gasteiger partial charge in [0.05, 0.1) is 18.4 Å². The summed E-state index contributed by atoms with van der Waals surface area (Å²) < 4.78 is 19.7. The van der Waals surface area contributed by atoms with Gasteiger partial charge in [0.2, 0.25) is 0 Å². The highest BCUT2D eigenvalue weighted by Gasteiger charge is 2.25. The smallest absolute Gasteiger partial charge is 0.317 e. The molecule has 0 spiro atoms. The van der Waals surface area contributed by atoms with Crippen LogP contribution in [0, 0.1) is 11.7 Å². The first-order chi connectivity index (χ1) is 13.0. The Bertz CT molecular complexity index is 620. The molecule has 1 atom stereocenters. The van der Waals surface area contributed by atoms with Gasteiger partial charge in [-0.3, -0.25) is 4.90 Å². The number of amides is 2. The molecule has 0 aromatic heterocycles. The molecule has 2 saturated heterocycles. The maximum absolute atomic E-state index is 13.9. The summed E-state index contributed by atoms with van der Waals surface area (Å²) in [5.74, 6) is 0.417. The first kappa shape index (κ1) is 19.9. The lowest BCUT2D eigenvalue weighted by Crippen LogP contribution is -2.54. The van der Waals surface area contributed by atoms with Crippen molar-refractivity contribution in [2.45, 2.75) is 20.0 Å². The van der Waals surface area contributed by atoms with Crippen molar-refractivity contribution in [1.29, 1.82) is 0 Å². The maximum atomic E-state index is 13.9. The molecule has 7 heteroatoms. The van der Waals surface area contributed by atoms with Crippen molar-refractivity contribution in [2.75, 3.05) is 63.9 Å². The van der Waals surface area contributed by atoms with Crippen LogP contribution in [-0.4, -0.2) is 80.9 Å². The molecule has 0 unspecified atom stereocenters. The number of piperazine rings is 1. The molecule has 0 saturated carbocycles. The third-order valence-corrected chi connectivity index (χ3v) is 5.09. The minimum absolute atomic E-state index is 0.0427. The van der Waals surface area contributed by atoms with Crippen LogP contribution in [0.2, 0.25) is 0 Å². The van der Waals surface area contributed by atoms with Crippen LogP contribution in [0.5, 0.6) is 0 Å². The Morgan fingerprint density at radius 1 is 1.22 bits per heavy atom. The Hall–Kier alpha value is -1.86. The first-order valence-electron chi connectivity index (χ1n) is 9.89. The van der Waals surface area contributed by atoms with Gasteiger partial charge in [0.15, 0.2) is 0 Å². The van der Waals surface area contributed by atoms with Gasteiger partial charge >= 0.3 is 6.03 Å². The second kappa shape index (κ2) is 9.37. The van der Waals surface area contributed by atoms with Gasteiger partial charge in [0.25, 0.3) is 0 Å². The number of para-hydroxylation sites is 1. The number of morpholine rings is 1. The van der Waals surface area contributed by atoms with E-state index in [1.807, 2.05) is 11.0 Å². The van der Waals surface area contributed by atoms with Crippen molar-refractivity contribution in [3.05, 3.63) is 30.1 Å². The second-order valence-corrected chi connectivity index (χ2v) is 7.76. The molecule has 2 heterocycles. The number of benzene rings is 1. The Morgan fingerprint density at radius 2 is 1.96 bits per heavy atom. The number of hydrogen-bond donors (Lipinski definition) is 1. The highest BCUT2D eigenvalue weighted by atomic mass is 19.1. The minimum Gasteiger partial charge on any atom is -0.374 e. The largest absolute Gasteiger partial charge is 0.374 e. The summed E-state index contributed by atoms with van der Waals surface area (Å²) in [4.78, 5) is 18.7. The number of carbonyl (C=O) groups excluding carboxylic acids is 1. The maximum Gasteiger partial charge on any atom is 0.317 e. The molecule has 1 aromatic carbocycles. The number of nitrogens with one attached hydrogen (secondary N) is 1. The third kappa shape index (κ3) is 5.56. The van der Waals surface area contributed by atoms with Gasteiger partial charge in [-0.05, 0) is 18.1 Å². The molecule has 2 fully saturated rings. The highest BCUT2D eigenvalue weighted by Crippen LogP contribution is 2.20. The van der Waals surface area contributed by atoms with Crippen LogP contribution in [0.25, 0.3) is 0 Å². The Kier molecular flexibility index (Phi) is 6.90. The fraction of sp³-hybridized carbons (Fsp3) is 0.650. The van der Waals surface area contributed by atoms with E-state index in [0.717, 1.165) is 19.6 Å². The number of nitrogens with zero attached hydrogens (tertiary/aromatic N) is 3. The second-order valence-electron chi connectivity index (χ2n) is 7.76. The third-order valence-electron chi connectivity index (χ3n) is 5.09. The predicted octanol–water partition coefficient (Wildman–Crippen LogP) is 2.01. The molecule has 27 heavy (non-hydrogen) atoms. The summed E-state index contributed by atoms with van der Waals surface area (Å²) in [5.41, 5.74) is 0.610. The number of carbonyl (C=O) groups is 1. The van der Waals surface area contributed by atoms with Crippen LogP contribution in [0.4, 0.5) is 14.9 Å². The van der Waals surface area contributed by atoms with Gasteiger partial charge in [-0.1, -0.05) is 26.0 Å². The molecule has 6 nitrogen and oxygen atoms in total. The van der Waals surface area contributed by atoms with E-state index in [4.69, 9.17) is 4.74 Å². The standard InChI is InChI=1S/C20H31FN4O2/c1-16(2)14-23-11-12-27-17(15-23)13-22-20(26)25-9-7-24(8-10-25)19-6-4-3-5-18(19)21/h3-6,16-17H,7-15H2,1-2H3,(H,22,26)/t17-/m1/s1. The number of anilines is 1. The zero-order valence-corrected chi connectivity index (χ0v) is 16.4. The lowest BCUT2D eigenvalue weighted by Gasteiger charge is -2.37. The van der Waals surface area contributed by atoms with Crippen molar-refractivity contribution >= 4 is 11.7 Å². The molecule has 1 N–H and O–H groups in total. The number of urea groups is 1. The lowest BCUT2D eigenvalue weighted by molar-refractivity contribution is -0.0294. The van der Waals surface area contributed by atoms with Crippen LogP contribution in [0.3, 0.4) is 0 Å². The van der Waals surface area contributed by atoms with E-state index < -0.39 is 0 Å². The Balaban J connectivity index is 1.41. The predicted molar refractivity (Wildman–Crippen MR) is 105 cm³/mol. The monoisotopic (exact) mass is 378 g/mol. The summed E-state index contributed by atoms with van der Waals surface area (Å²) >= 11 is 0. The van der Waals surface area contributed by atoms with Crippen LogP contribution in [-0.2, 0) is 4.74 Å². The van der Waals surface area contributed by atoms with E-state index >= 15 is 0 Å². The molecule has 2 aliphatic rings. The van der Waals surface area contributed by atoms with E-state index in [1.54, 1.807) is 17.0 Å². The molecule has 1 aromatic rings. The highest BCUT2D eigenvalue weighted by molar-refractivity contribution is 5.74. The van der Waals surface area contributed by atoms with Crippen molar-refractivity contribution in [2.24, 2.45) is 5.92 Å². The van der Waals surface area contributed by atoms with E-state index in [-0.39, 0.29) is 18.0 Å². The molecule has 0 aliphatic carbocycles. The Morgan fingerprint density at radius 3 is 2.67 bits per heavy atom. The fourth-order valence-electron chi connectivity index (χ4n) is 3.76. The van der Waals surface area contributed by atoms with Crippen LogP contribution in [0.15, 0.2) is 24.3 Å². The van der Waals surface area contributed by atoms with E-state index in [0.29, 0.717) is 50.9 Å². The van der Waals surface area contributed by atoms with Crippen molar-refractivity contribution in [1.82, 2.24) is 15.1 Å². The van der Waals surface area contributed by atoms with E-state index in [2.05, 4.69) is 24.1 Å². The average Bonchev–Trinajstić information content (AvgIpc) is 2.66. The Labute approximate surface area is 161 Å². The minimum atomic E-state index is -0.212. The summed E-state index contributed by atoms with van der Waals surface area (Å²) in [6.45, 7) is 11.0. The van der Waals surface area contributed by atoms with Gasteiger partial charge in [0, 0.05) is 52.4 Å². The van der Waals surface area contributed by atoms with Crippen LogP contribution in [0.1, 0.15) is 13.8 Å². The van der Waals surface area contributed by atoms with Crippen molar-refractivity contribution < 1.29 is 13.9 Å². The van der Waals surface area contributed by atoms with Gasteiger partial charge in [0.1, 0.15) is 5.82 Å². The average molecular weight is 378 g/mol. The van der Waals surface area contributed by atoms with E-state index in [9.17, 15) is 9.18 Å². The summed E-state index contributed by atoms with van der Waals surface area (Å²) in [7, 11) is 0.